The summed E-state index contributed by atoms with van der Waals surface area (Å²) in [5.41, 5.74) is 1.24. The van der Waals surface area contributed by atoms with Crippen LogP contribution in [0.3, 0.4) is 0 Å². The summed E-state index contributed by atoms with van der Waals surface area (Å²) in [5, 5.41) is 2.79. The molecule has 4 rings (SSSR count). The molecule has 2 aliphatic heterocycles. The van der Waals surface area contributed by atoms with Gasteiger partial charge in [-0.05, 0) is 24.3 Å². The first kappa shape index (κ1) is 15.3. The summed E-state index contributed by atoms with van der Waals surface area (Å²) in [7, 11) is 0. The SMILES string of the molecule is O=C(NCC1CN(c2ccc3c(c2)OCO3)C(=O)O1)c1ccccc1. The van der Waals surface area contributed by atoms with E-state index >= 15 is 0 Å². The van der Waals surface area contributed by atoms with E-state index in [0.717, 1.165) is 0 Å². The number of ether oxygens (including phenoxy) is 3. The van der Waals surface area contributed by atoms with Crippen LogP contribution in [0.25, 0.3) is 0 Å². The number of rotatable bonds is 4. The van der Waals surface area contributed by atoms with Gasteiger partial charge in [0.05, 0.1) is 18.8 Å². The van der Waals surface area contributed by atoms with Crippen LogP contribution in [0.15, 0.2) is 48.5 Å². The fourth-order valence-corrected chi connectivity index (χ4v) is 2.79. The van der Waals surface area contributed by atoms with E-state index < -0.39 is 12.2 Å². The predicted octanol–water partition coefficient (Wildman–Crippen LogP) is 2.17. The molecule has 1 fully saturated rings. The van der Waals surface area contributed by atoms with Gasteiger partial charge in [0.15, 0.2) is 11.5 Å². The first-order valence-electron chi connectivity index (χ1n) is 7.92. The summed E-state index contributed by atoms with van der Waals surface area (Å²) in [6.07, 6.45) is -0.858. The Morgan fingerprint density at radius 3 is 2.76 bits per heavy atom. The number of hydrogen-bond acceptors (Lipinski definition) is 5. The lowest BCUT2D eigenvalue weighted by atomic mass is 10.2. The highest BCUT2D eigenvalue weighted by Gasteiger charge is 2.33. The fourth-order valence-electron chi connectivity index (χ4n) is 2.79. The summed E-state index contributed by atoms with van der Waals surface area (Å²) >= 11 is 0. The van der Waals surface area contributed by atoms with Crippen molar-refractivity contribution in [1.82, 2.24) is 5.32 Å². The van der Waals surface area contributed by atoms with Crippen molar-refractivity contribution < 1.29 is 23.8 Å². The quantitative estimate of drug-likeness (QED) is 0.923. The lowest BCUT2D eigenvalue weighted by Gasteiger charge is -2.13. The van der Waals surface area contributed by atoms with Crippen molar-refractivity contribution in [3.05, 3.63) is 54.1 Å². The average molecular weight is 340 g/mol. The van der Waals surface area contributed by atoms with Crippen LogP contribution in [0.5, 0.6) is 11.5 Å². The third-order valence-electron chi connectivity index (χ3n) is 4.07. The topological polar surface area (TPSA) is 77.1 Å². The number of nitrogens with zero attached hydrogens (tertiary/aromatic N) is 1. The number of fused-ring (bicyclic) bond motifs is 1. The van der Waals surface area contributed by atoms with E-state index in [0.29, 0.717) is 29.3 Å². The second kappa shape index (κ2) is 6.35. The van der Waals surface area contributed by atoms with E-state index in [-0.39, 0.29) is 19.2 Å². The molecule has 0 bridgehead atoms. The van der Waals surface area contributed by atoms with E-state index in [9.17, 15) is 9.59 Å². The van der Waals surface area contributed by atoms with E-state index in [4.69, 9.17) is 14.2 Å². The van der Waals surface area contributed by atoms with Crippen LogP contribution in [0.1, 0.15) is 10.4 Å². The summed E-state index contributed by atoms with van der Waals surface area (Å²) in [5.74, 6) is 1.06. The Labute approximate surface area is 144 Å². The number of cyclic esters (lactones) is 1. The highest BCUT2D eigenvalue weighted by molar-refractivity contribution is 5.94. The molecule has 0 spiro atoms. The Hall–Kier alpha value is -3.22. The molecule has 2 amide bonds. The second-order valence-corrected chi connectivity index (χ2v) is 5.73. The number of hydrogen-bond donors (Lipinski definition) is 1. The van der Waals surface area contributed by atoms with Gasteiger partial charge in [0, 0.05) is 11.6 Å². The monoisotopic (exact) mass is 340 g/mol. The van der Waals surface area contributed by atoms with Crippen molar-refractivity contribution in [1.29, 1.82) is 0 Å². The molecule has 2 aromatic rings. The maximum Gasteiger partial charge on any atom is 0.414 e. The first-order valence-corrected chi connectivity index (χ1v) is 7.92. The molecule has 7 heteroatoms. The van der Waals surface area contributed by atoms with Gasteiger partial charge in [-0.2, -0.15) is 0 Å². The summed E-state index contributed by atoms with van der Waals surface area (Å²) in [4.78, 5) is 25.7. The standard InChI is InChI=1S/C18H16N2O5/c21-17(12-4-2-1-3-5-12)19-9-14-10-20(18(22)25-14)13-6-7-15-16(8-13)24-11-23-15/h1-8,14H,9-11H2,(H,19,21). The molecule has 1 atom stereocenters. The normalized spacial score (nSPS) is 18.2. The second-order valence-electron chi connectivity index (χ2n) is 5.73. The largest absolute Gasteiger partial charge is 0.454 e. The molecule has 0 radical (unpaired) electrons. The van der Waals surface area contributed by atoms with Crippen molar-refractivity contribution in [2.24, 2.45) is 0 Å². The number of amides is 2. The van der Waals surface area contributed by atoms with Crippen molar-refractivity contribution >= 4 is 17.7 Å². The molecule has 1 unspecified atom stereocenters. The molecule has 1 N–H and O–H groups in total. The Kier molecular flexibility index (Phi) is 3.89. The van der Waals surface area contributed by atoms with Crippen LogP contribution < -0.4 is 19.7 Å². The highest BCUT2D eigenvalue weighted by Crippen LogP contribution is 2.36. The number of anilines is 1. The van der Waals surface area contributed by atoms with Gasteiger partial charge in [0.1, 0.15) is 6.10 Å². The maximum absolute atomic E-state index is 12.1. The molecule has 2 aromatic carbocycles. The smallest absolute Gasteiger partial charge is 0.414 e. The molecule has 2 heterocycles. The Morgan fingerprint density at radius 1 is 1.12 bits per heavy atom. The first-order chi connectivity index (χ1) is 12.2. The molecular weight excluding hydrogens is 324 g/mol. The third-order valence-corrected chi connectivity index (χ3v) is 4.07. The number of benzene rings is 2. The maximum atomic E-state index is 12.1. The molecular formula is C18H16N2O5. The van der Waals surface area contributed by atoms with Gasteiger partial charge in [-0.1, -0.05) is 18.2 Å². The summed E-state index contributed by atoms with van der Waals surface area (Å²) in [6, 6.07) is 14.2. The molecule has 0 saturated carbocycles. The molecule has 1 saturated heterocycles. The molecule has 2 aliphatic rings. The molecule has 7 nitrogen and oxygen atoms in total. The fraction of sp³-hybridized carbons (Fsp3) is 0.222. The van der Waals surface area contributed by atoms with Crippen molar-refractivity contribution in [3.63, 3.8) is 0 Å². The number of carbonyl (C=O) groups is 2. The minimum atomic E-state index is -0.446. The lowest BCUT2D eigenvalue weighted by molar-refractivity contribution is 0.0916. The molecule has 25 heavy (non-hydrogen) atoms. The van der Waals surface area contributed by atoms with Gasteiger partial charge in [0.2, 0.25) is 6.79 Å². The van der Waals surface area contributed by atoms with Crippen molar-refractivity contribution in [3.8, 4) is 11.5 Å². The van der Waals surface area contributed by atoms with Crippen LogP contribution in [0.4, 0.5) is 10.5 Å². The lowest BCUT2D eigenvalue weighted by Crippen LogP contribution is -2.34. The number of carbonyl (C=O) groups excluding carboxylic acids is 2. The van der Waals surface area contributed by atoms with Gasteiger partial charge in [-0.15, -0.1) is 0 Å². The molecule has 0 aromatic heterocycles. The van der Waals surface area contributed by atoms with Gasteiger partial charge in [-0.3, -0.25) is 9.69 Å². The predicted molar refractivity (Wildman–Crippen MR) is 89.0 cm³/mol. The van der Waals surface area contributed by atoms with Crippen LogP contribution in [0.2, 0.25) is 0 Å². The zero-order valence-corrected chi connectivity index (χ0v) is 13.3. The Balaban J connectivity index is 1.38. The van der Waals surface area contributed by atoms with Gasteiger partial charge < -0.3 is 19.5 Å². The number of nitrogens with one attached hydrogen (secondary N) is 1. The van der Waals surface area contributed by atoms with Crippen molar-refractivity contribution in [2.45, 2.75) is 6.10 Å². The van der Waals surface area contributed by atoms with Crippen LogP contribution >= 0.6 is 0 Å². The van der Waals surface area contributed by atoms with E-state index in [1.165, 1.54) is 4.90 Å². The summed E-state index contributed by atoms with van der Waals surface area (Å²) < 4.78 is 15.9. The van der Waals surface area contributed by atoms with E-state index in [1.807, 2.05) is 6.07 Å². The zero-order valence-electron chi connectivity index (χ0n) is 13.3. The van der Waals surface area contributed by atoms with Gasteiger partial charge in [-0.25, -0.2) is 4.79 Å². The van der Waals surface area contributed by atoms with Crippen LogP contribution in [-0.2, 0) is 4.74 Å². The molecule has 0 aliphatic carbocycles. The Morgan fingerprint density at radius 2 is 1.92 bits per heavy atom. The van der Waals surface area contributed by atoms with E-state index in [1.54, 1.807) is 42.5 Å². The zero-order chi connectivity index (χ0) is 17.2. The van der Waals surface area contributed by atoms with Gasteiger partial charge in [0.25, 0.3) is 5.91 Å². The Bertz CT molecular complexity index is 808. The average Bonchev–Trinajstić information content (AvgIpc) is 3.26. The molecule has 128 valence electrons. The van der Waals surface area contributed by atoms with Crippen molar-refractivity contribution in [2.75, 3.05) is 24.8 Å². The van der Waals surface area contributed by atoms with Crippen LogP contribution in [-0.4, -0.2) is 38.0 Å². The third kappa shape index (κ3) is 3.08. The minimum absolute atomic E-state index is 0.178. The minimum Gasteiger partial charge on any atom is -0.454 e. The van der Waals surface area contributed by atoms with Gasteiger partial charge >= 0.3 is 6.09 Å². The highest BCUT2D eigenvalue weighted by atomic mass is 16.7. The van der Waals surface area contributed by atoms with Crippen LogP contribution in [0, 0.1) is 0 Å². The summed E-state index contributed by atoms with van der Waals surface area (Å²) in [6.45, 7) is 0.783. The van der Waals surface area contributed by atoms with E-state index in [2.05, 4.69) is 5.32 Å².